The maximum Gasteiger partial charge on any atom is 0.336 e. The number of phenols is 1. The van der Waals surface area contributed by atoms with Crippen LogP contribution in [0, 0.1) is 27.4 Å². The van der Waals surface area contributed by atoms with Crippen molar-refractivity contribution in [3.05, 3.63) is 45.5 Å². The minimum absolute atomic E-state index is 0.0112. The number of aliphatic carboxylic acids is 1. The molecule has 3 saturated carbocycles. The molecule has 0 unspecified atom stereocenters. The molecular formula is C26H33NO9. The third kappa shape index (κ3) is 5.68. The first-order valence-electron chi connectivity index (χ1n) is 12.0. The number of nitrogens with zero attached hydrogens (tertiary/aromatic N) is 1. The largest absolute Gasteiger partial charge is 0.508 e. The first-order valence-corrected chi connectivity index (χ1v) is 12.0. The molecule has 0 amide bonds. The molecule has 0 saturated heterocycles. The van der Waals surface area contributed by atoms with E-state index < -0.39 is 22.4 Å². The molecule has 0 aliphatic heterocycles. The van der Waals surface area contributed by atoms with Crippen molar-refractivity contribution in [3.63, 3.8) is 0 Å². The predicted octanol–water partition coefficient (Wildman–Crippen LogP) is 4.31. The lowest BCUT2D eigenvalue weighted by Gasteiger charge is -2.59. The van der Waals surface area contributed by atoms with Gasteiger partial charge in [0.25, 0.3) is 5.09 Å². The van der Waals surface area contributed by atoms with E-state index in [2.05, 4.69) is 4.84 Å². The molecule has 0 heterocycles. The minimum atomic E-state index is -1.30. The van der Waals surface area contributed by atoms with Crippen LogP contribution in [0.2, 0.25) is 0 Å². The van der Waals surface area contributed by atoms with Gasteiger partial charge in [0.2, 0.25) is 0 Å². The van der Waals surface area contributed by atoms with Crippen LogP contribution in [-0.4, -0.2) is 39.6 Å². The van der Waals surface area contributed by atoms with Gasteiger partial charge in [-0.25, -0.2) is 9.59 Å². The third-order valence-electron chi connectivity index (χ3n) is 7.88. The Morgan fingerprint density at radius 3 is 2.53 bits per heavy atom. The van der Waals surface area contributed by atoms with Crippen LogP contribution < -0.4 is 4.74 Å². The number of rotatable bonds is 11. The molecule has 10 nitrogen and oxygen atoms in total. The Labute approximate surface area is 209 Å². The highest BCUT2D eigenvalue weighted by molar-refractivity contribution is 5.92. The van der Waals surface area contributed by atoms with Gasteiger partial charge in [0.05, 0.1) is 6.61 Å². The lowest BCUT2D eigenvalue weighted by Crippen LogP contribution is -2.56. The van der Waals surface area contributed by atoms with Crippen LogP contribution in [0.3, 0.4) is 0 Å². The lowest BCUT2D eigenvalue weighted by molar-refractivity contribution is -0.757. The average molecular weight is 504 g/mol. The topological polar surface area (TPSA) is 153 Å². The number of benzene rings is 1. The number of carboxylic acid groups (broad SMARTS) is 1. The minimum Gasteiger partial charge on any atom is -0.508 e. The maximum absolute atomic E-state index is 12.8. The van der Waals surface area contributed by atoms with E-state index in [1.54, 1.807) is 12.1 Å². The van der Waals surface area contributed by atoms with Gasteiger partial charge in [-0.1, -0.05) is 34.1 Å². The van der Waals surface area contributed by atoms with E-state index in [-0.39, 0.29) is 53.5 Å². The van der Waals surface area contributed by atoms with Crippen molar-refractivity contribution in [3.8, 4) is 11.5 Å². The molecule has 196 valence electrons. The molecule has 10 heteroatoms. The zero-order valence-electron chi connectivity index (χ0n) is 21.0. The van der Waals surface area contributed by atoms with Gasteiger partial charge < -0.3 is 19.8 Å². The smallest absolute Gasteiger partial charge is 0.336 e. The summed E-state index contributed by atoms with van der Waals surface area (Å²) in [6, 6.07) is 3.28. The van der Waals surface area contributed by atoms with Gasteiger partial charge in [-0.3, -0.25) is 4.79 Å². The number of hydrogen-bond acceptors (Lipinski definition) is 8. The molecule has 1 aromatic carbocycles. The summed E-state index contributed by atoms with van der Waals surface area (Å²) in [5.74, 6) is -2.28. The van der Waals surface area contributed by atoms with Crippen molar-refractivity contribution >= 4 is 17.7 Å². The third-order valence-corrected chi connectivity index (χ3v) is 7.88. The number of Topliss-reactive ketones (excluding diaryl/α,β-unsaturated/α-hetero) is 1. The normalized spacial score (nSPS) is 22.7. The summed E-state index contributed by atoms with van der Waals surface area (Å²) in [7, 11) is 0. The molecule has 0 spiro atoms. The number of carboxylic acids is 1. The summed E-state index contributed by atoms with van der Waals surface area (Å²) in [5, 5.41) is 29.5. The van der Waals surface area contributed by atoms with Crippen LogP contribution in [0.5, 0.6) is 11.5 Å². The summed E-state index contributed by atoms with van der Waals surface area (Å²) in [5.41, 5.74) is 0.333. The molecule has 2 bridgehead atoms. The van der Waals surface area contributed by atoms with Gasteiger partial charge in [-0.05, 0) is 53.7 Å². The van der Waals surface area contributed by atoms with Crippen LogP contribution in [0.25, 0.3) is 0 Å². The molecule has 3 aliphatic rings. The second-order valence-corrected chi connectivity index (χ2v) is 10.9. The number of aromatic hydroxyl groups is 1. The summed E-state index contributed by atoms with van der Waals surface area (Å²) in [6.45, 7) is 7.94. The Balaban J connectivity index is 1.93. The van der Waals surface area contributed by atoms with Gasteiger partial charge in [0.15, 0.2) is 0 Å². The first-order chi connectivity index (χ1) is 16.7. The van der Waals surface area contributed by atoms with Crippen molar-refractivity contribution in [1.29, 1.82) is 0 Å². The van der Waals surface area contributed by atoms with Gasteiger partial charge in [-0.15, -0.1) is 10.1 Å². The fourth-order valence-corrected chi connectivity index (χ4v) is 5.69. The Morgan fingerprint density at radius 1 is 1.25 bits per heavy atom. The summed E-state index contributed by atoms with van der Waals surface area (Å²) < 4.78 is 5.55. The number of carbonyl (C=O) groups excluding carboxylic acids is 2. The number of unbranched alkanes of at least 4 members (excludes halogenated alkanes) is 1. The maximum atomic E-state index is 12.8. The van der Waals surface area contributed by atoms with Crippen molar-refractivity contribution in [2.24, 2.45) is 17.3 Å². The molecule has 3 atom stereocenters. The molecule has 36 heavy (non-hydrogen) atoms. The highest BCUT2D eigenvalue weighted by atomic mass is 16.9. The molecule has 3 fully saturated rings. The number of esters is 1. The van der Waals surface area contributed by atoms with E-state index in [4.69, 9.17) is 9.84 Å². The number of carbonyl (C=O) groups is 3. The Morgan fingerprint density at radius 2 is 1.94 bits per heavy atom. The molecule has 1 aromatic rings. The Hall–Kier alpha value is -3.43. The molecular weight excluding hydrogens is 470 g/mol. The number of ether oxygens (including phenoxy) is 1. The van der Waals surface area contributed by atoms with Gasteiger partial charge in [-0.2, -0.15) is 0 Å². The Bertz CT molecular complexity index is 1090. The quantitative estimate of drug-likeness (QED) is 0.112. The zero-order chi connectivity index (χ0) is 26.8. The van der Waals surface area contributed by atoms with E-state index in [0.717, 1.165) is 6.08 Å². The first kappa shape index (κ1) is 27.2. The van der Waals surface area contributed by atoms with E-state index in [9.17, 15) is 29.6 Å². The van der Waals surface area contributed by atoms with E-state index in [1.165, 1.54) is 0 Å². The molecule has 3 aliphatic carbocycles. The predicted molar refractivity (Wildman–Crippen MR) is 128 cm³/mol. The SMILES string of the molecule is CC(C)(CCCCO[N+](=O)[O-])c1cc(O)c([C@H]2CC(=O)[C@H]3C[C@@H]2C3(C)C)c(OC(=O)/C=C/C(=O)O)c1. The lowest BCUT2D eigenvalue weighted by atomic mass is 9.44. The highest BCUT2D eigenvalue weighted by Gasteiger charge is 2.59. The second-order valence-electron chi connectivity index (χ2n) is 10.9. The number of ketones is 1. The standard InChI is InChI=1S/C26H33NO9/c1-25(2,9-5-6-10-35-27(33)34)15-11-20(29)24(21(12-15)36-23(32)8-7-22(30)31)16-13-19(28)18-14-17(16)26(18,3)4/h7-8,11-12,16-18,29H,5-6,9-10,13-14H2,1-4H3,(H,30,31)/b8-7+/t16-,17-,18+/m0/s1. The van der Waals surface area contributed by atoms with Gasteiger partial charge in [0, 0.05) is 36.0 Å². The van der Waals surface area contributed by atoms with E-state index in [1.807, 2.05) is 27.7 Å². The molecule has 0 radical (unpaired) electrons. The fraction of sp³-hybridized carbons (Fsp3) is 0.577. The second kappa shape index (κ2) is 10.3. The number of fused-ring (bicyclic) bond motifs is 2. The monoisotopic (exact) mass is 503 g/mol. The fourth-order valence-electron chi connectivity index (χ4n) is 5.69. The van der Waals surface area contributed by atoms with E-state index in [0.29, 0.717) is 42.9 Å². The Kier molecular flexibility index (Phi) is 7.76. The van der Waals surface area contributed by atoms with Crippen LogP contribution in [0.15, 0.2) is 24.3 Å². The van der Waals surface area contributed by atoms with Crippen LogP contribution in [0.1, 0.15) is 76.8 Å². The number of phenolic OH excluding ortho intramolecular Hbond substituents is 1. The molecule has 0 aromatic heterocycles. The van der Waals surface area contributed by atoms with Gasteiger partial charge in [0.1, 0.15) is 17.3 Å². The van der Waals surface area contributed by atoms with Crippen molar-refractivity contribution in [2.45, 2.75) is 71.1 Å². The highest BCUT2D eigenvalue weighted by Crippen LogP contribution is 2.64. The zero-order valence-corrected chi connectivity index (χ0v) is 21.0. The number of hydrogen-bond donors (Lipinski definition) is 2. The van der Waals surface area contributed by atoms with Crippen LogP contribution in [0.4, 0.5) is 0 Å². The average Bonchev–Trinajstić information content (AvgIpc) is 2.76. The van der Waals surface area contributed by atoms with Crippen molar-refractivity contribution < 1.29 is 39.3 Å². The molecule has 2 N–H and O–H groups in total. The van der Waals surface area contributed by atoms with E-state index >= 15 is 0 Å². The summed E-state index contributed by atoms with van der Waals surface area (Å²) >= 11 is 0. The van der Waals surface area contributed by atoms with Crippen molar-refractivity contribution in [2.75, 3.05) is 6.61 Å². The summed E-state index contributed by atoms with van der Waals surface area (Å²) in [4.78, 5) is 50.7. The van der Waals surface area contributed by atoms with Gasteiger partial charge >= 0.3 is 11.9 Å². The van der Waals surface area contributed by atoms with Crippen LogP contribution in [-0.2, 0) is 24.6 Å². The van der Waals surface area contributed by atoms with Crippen molar-refractivity contribution in [1.82, 2.24) is 0 Å². The molecule has 4 rings (SSSR count). The summed E-state index contributed by atoms with van der Waals surface area (Å²) in [6.07, 6.45) is 4.12. The van der Waals surface area contributed by atoms with Crippen LogP contribution >= 0.6 is 0 Å².